The van der Waals surface area contributed by atoms with E-state index in [0.29, 0.717) is 15.4 Å². The lowest BCUT2D eigenvalue weighted by Crippen LogP contribution is -1.94. The first kappa shape index (κ1) is 12.5. The second-order valence-electron chi connectivity index (χ2n) is 3.71. The molecule has 4 heteroatoms. The number of aliphatic hydroxyl groups is 1. The molecule has 0 heterocycles. The Bertz CT molecular complexity index is 614. The van der Waals surface area contributed by atoms with Gasteiger partial charge in [0.2, 0.25) is 0 Å². The summed E-state index contributed by atoms with van der Waals surface area (Å²) >= 11 is 0. The number of hydrogen-bond donors (Lipinski definition) is 1. The molecule has 0 amide bonds. The van der Waals surface area contributed by atoms with Gasteiger partial charge < -0.3 is 5.11 Å². The number of benzene rings is 2. The van der Waals surface area contributed by atoms with Crippen LogP contribution in [-0.4, -0.2) is 9.32 Å². The van der Waals surface area contributed by atoms with Gasteiger partial charge in [0.1, 0.15) is 0 Å². The topological polar surface area (TPSA) is 61.1 Å². The number of nitrogens with zero attached hydrogens (tertiary/aromatic N) is 1. The average molecular weight is 257 g/mol. The smallest absolute Gasteiger partial charge is 0.0992 e. The van der Waals surface area contributed by atoms with Gasteiger partial charge in [-0.05, 0) is 35.9 Å². The first-order chi connectivity index (χ1) is 8.74. The third-order valence-corrected chi connectivity index (χ3v) is 3.88. The van der Waals surface area contributed by atoms with E-state index >= 15 is 0 Å². The predicted molar refractivity (Wildman–Crippen MR) is 68.2 cm³/mol. The van der Waals surface area contributed by atoms with Crippen LogP contribution in [0.25, 0.3) is 0 Å². The Morgan fingerprint density at radius 3 is 2.44 bits per heavy atom. The number of aliphatic hydroxyl groups excluding tert-OH is 1. The zero-order valence-electron chi connectivity index (χ0n) is 9.54. The molecule has 1 N–H and O–H groups in total. The molecule has 2 rings (SSSR count). The summed E-state index contributed by atoms with van der Waals surface area (Å²) in [6.07, 6.45) is 0. The second kappa shape index (κ2) is 5.58. The third kappa shape index (κ3) is 2.65. The van der Waals surface area contributed by atoms with Crippen LogP contribution in [0.5, 0.6) is 0 Å². The highest BCUT2D eigenvalue weighted by molar-refractivity contribution is 7.85. The molecule has 0 spiro atoms. The normalized spacial score (nSPS) is 11.8. The summed E-state index contributed by atoms with van der Waals surface area (Å²) in [5, 5.41) is 17.7. The molecule has 90 valence electrons. The van der Waals surface area contributed by atoms with E-state index in [0.717, 1.165) is 5.56 Å². The van der Waals surface area contributed by atoms with Crippen LogP contribution in [0.4, 0.5) is 0 Å². The molecule has 3 nitrogen and oxygen atoms in total. The molecule has 0 aliphatic rings. The molecule has 0 fully saturated rings. The molecular formula is C14H11NO2S. The minimum absolute atomic E-state index is 0.0309. The van der Waals surface area contributed by atoms with E-state index in [1.165, 1.54) is 0 Å². The van der Waals surface area contributed by atoms with Gasteiger partial charge in [-0.1, -0.05) is 18.2 Å². The van der Waals surface area contributed by atoms with Gasteiger partial charge in [0.25, 0.3) is 0 Å². The maximum absolute atomic E-state index is 12.3. The molecule has 0 aromatic heterocycles. The molecule has 0 saturated carbocycles. The Hall–Kier alpha value is -1.96. The van der Waals surface area contributed by atoms with Crippen LogP contribution in [-0.2, 0) is 17.4 Å². The highest BCUT2D eigenvalue weighted by Gasteiger charge is 2.07. The molecule has 0 aliphatic heterocycles. The standard InChI is InChI=1S/C14H11NO2S/c15-9-12-2-1-3-14(8-12)18(17)13-6-4-11(10-16)5-7-13/h1-8,16H,10H2/t18-/m0/s1. The van der Waals surface area contributed by atoms with Crippen LogP contribution in [0.15, 0.2) is 58.3 Å². The van der Waals surface area contributed by atoms with Gasteiger partial charge >= 0.3 is 0 Å². The highest BCUT2D eigenvalue weighted by Crippen LogP contribution is 2.18. The Morgan fingerprint density at radius 1 is 1.11 bits per heavy atom. The van der Waals surface area contributed by atoms with Crippen molar-refractivity contribution in [3.63, 3.8) is 0 Å². The lowest BCUT2D eigenvalue weighted by Gasteiger charge is -2.03. The van der Waals surface area contributed by atoms with Crippen LogP contribution < -0.4 is 0 Å². The van der Waals surface area contributed by atoms with Crippen molar-refractivity contribution >= 4 is 10.8 Å². The van der Waals surface area contributed by atoms with Gasteiger partial charge in [0.15, 0.2) is 0 Å². The molecule has 0 radical (unpaired) electrons. The summed E-state index contributed by atoms with van der Waals surface area (Å²) in [5.41, 5.74) is 1.27. The summed E-state index contributed by atoms with van der Waals surface area (Å²) in [7, 11) is -1.30. The Balaban J connectivity index is 2.32. The molecule has 2 aromatic rings. The van der Waals surface area contributed by atoms with Gasteiger partial charge in [-0.25, -0.2) is 4.21 Å². The minimum atomic E-state index is -1.30. The first-order valence-electron chi connectivity index (χ1n) is 5.36. The van der Waals surface area contributed by atoms with Crippen LogP contribution >= 0.6 is 0 Å². The van der Waals surface area contributed by atoms with E-state index in [1.807, 2.05) is 6.07 Å². The monoisotopic (exact) mass is 257 g/mol. The molecule has 0 unspecified atom stereocenters. The van der Waals surface area contributed by atoms with Gasteiger partial charge in [-0.2, -0.15) is 5.26 Å². The van der Waals surface area contributed by atoms with E-state index in [9.17, 15) is 4.21 Å². The molecular weight excluding hydrogens is 246 g/mol. The van der Waals surface area contributed by atoms with Crippen LogP contribution in [0.2, 0.25) is 0 Å². The zero-order valence-corrected chi connectivity index (χ0v) is 10.4. The average Bonchev–Trinajstić information content (AvgIpc) is 2.46. The maximum Gasteiger partial charge on any atom is 0.0992 e. The molecule has 2 aromatic carbocycles. The van der Waals surface area contributed by atoms with Crippen molar-refractivity contribution in [1.29, 1.82) is 5.26 Å². The van der Waals surface area contributed by atoms with Crippen molar-refractivity contribution in [3.05, 3.63) is 59.7 Å². The predicted octanol–water partition coefficient (Wildman–Crippen LogP) is 2.22. The summed E-state index contributed by atoms with van der Waals surface area (Å²) in [5.74, 6) is 0. The summed E-state index contributed by atoms with van der Waals surface area (Å²) in [6.45, 7) is -0.0309. The van der Waals surface area contributed by atoms with Crippen LogP contribution in [0, 0.1) is 11.3 Å². The molecule has 1 atom stereocenters. The zero-order chi connectivity index (χ0) is 13.0. The van der Waals surface area contributed by atoms with Gasteiger partial charge in [-0.15, -0.1) is 0 Å². The third-order valence-electron chi connectivity index (χ3n) is 2.50. The quantitative estimate of drug-likeness (QED) is 0.917. The largest absolute Gasteiger partial charge is 0.392 e. The lowest BCUT2D eigenvalue weighted by atomic mass is 10.2. The molecule has 0 aliphatic carbocycles. The molecule has 18 heavy (non-hydrogen) atoms. The Labute approximate surface area is 108 Å². The van der Waals surface area contributed by atoms with E-state index < -0.39 is 10.8 Å². The van der Waals surface area contributed by atoms with E-state index in [2.05, 4.69) is 0 Å². The van der Waals surface area contributed by atoms with Crippen molar-refractivity contribution in [2.75, 3.05) is 0 Å². The SMILES string of the molecule is N#Cc1cccc([S@@](=O)c2ccc(CO)cc2)c1. The summed E-state index contributed by atoms with van der Waals surface area (Å²) < 4.78 is 12.3. The maximum atomic E-state index is 12.3. The van der Waals surface area contributed by atoms with Crippen molar-refractivity contribution in [1.82, 2.24) is 0 Å². The summed E-state index contributed by atoms with van der Waals surface area (Å²) in [4.78, 5) is 1.26. The van der Waals surface area contributed by atoms with Crippen molar-refractivity contribution < 1.29 is 9.32 Å². The minimum Gasteiger partial charge on any atom is -0.392 e. The van der Waals surface area contributed by atoms with Crippen molar-refractivity contribution in [3.8, 4) is 6.07 Å². The van der Waals surface area contributed by atoms with E-state index in [4.69, 9.17) is 10.4 Å². The van der Waals surface area contributed by atoms with Gasteiger partial charge in [0.05, 0.1) is 29.0 Å². The van der Waals surface area contributed by atoms with Gasteiger partial charge in [-0.3, -0.25) is 0 Å². The van der Waals surface area contributed by atoms with Crippen LogP contribution in [0.3, 0.4) is 0 Å². The number of rotatable bonds is 3. The van der Waals surface area contributed by atoms with E-state index in [1.54, 1.807) is 48.5 Å². The Morgan fingerprint density at radius 2 is 1.83 bits per heavy atom. The Kier molecular flexibility index (Phi) is 3.88. The van der Waals surface area contributed by atoms with Crippen molar-refractivity contribution in [2.24, 2.45) is 0 Å². The number of nitriles is 1. The van der Waals surface area contributed by atoms with Crippen molar-refractivity contribution in [2.45, 2.75) is 16.4 Å². The van der Waals surface area contributed by atoms with Gasteiger partial charge in [0, 0.05) is 9.79 Å². The molecule has 0 bridgehead atoms. The summed E-state index contributed by atoms with van der Waals surface area (Å²) in [6, 6.07) is 15.7. The van der Waals surface area contributed by atoms with E-state index in [-0.39, 0.29) is 6.61 Å². The number of hydrogen-bond acceptors (Lipinski definition) is 3. The fraction of sp³-hybridized carbons (Fsp3) is 0.0714. The first-order valence-corrected chi connectivity index (χ1v) is 6.51. The highest BCUT2D eigenvalue weighted by atomic mass is 32.2. The fourth-order valence-electron chi connectivity index (χ4n) is 1.54. The second-order valence-corrected chi connectivity index (χ2v) is 5.19. The molecule has 0 saturated heterocycles. The van der Waals surface area contributed by atoms with Crippen LogP contribution in [0.1, 0.15) is 11.1 Å². The lowest BCUT2D eigenvalue weighted by molar-refractivity contribution is 0.282. The fourth-order valence-corrected chi connectivity index (χ4v) is 2.63.